The number of hydrogen-bond donors (Lipinski definition) is 7. The molecule has 138 heavy (non-hydrogen) atoms. The molecule has 20 atom stereocenters. The number of benzene rings is 5. The van der Waals surface area contributed by atoms with E-state index in [0.29, 0.717) is 100 Å². The van der Waals surface area contributed by atoms with Crippen molar-refractivity contribution in [2.24, 2.45) is 86.3 Å². The first kappa shape index (κ1) is 108. The smallest absolute Gasteiger partial charge is 0.227 e. The minimum atomic E-state index is 0. The van der Waals surface area contributed by atoms with Crippen LogP contribution >= 0.6 is 27.8 Å². The SMILES string of the molecule is C.C.C.CC12CCC3c4ccc(O)cc4CCC3C1CC/C2=C\CNCCO.CN(C)CCCNC/C=C1\CCC2C3CCc4cc(O)ccc4C3CCC12C.CN(C)CCCOC/C=C1\CCC2C3CCc4cc(O)ccc4C3CCC12C.CN(C)CCOCCOC/C=C1\CCC2C3CCc4cc(O)ccc4C3CCC12C.[3H][B]SOc1ccc2c(c1)CCC1C2CCC2(C)/C(=C/CBr)CCC12. The molecule has 17 heteroatoms. The summed E-state index contributed by atoms with van der Waals surface area (Å²) in [6, 6.07) is 31.0. The molecule has 0 spiro atoms. The van der Waals surface area contributed by atoms with E-state index in [-0.39, 0.29) is 28.9 Å². The maximum Gasteiger partial charge on any atom is 0.227 e. The third-order valence-corrected chi connectivity index (χ3v) is 38.9. The number of aromatic hydroxyl groups is 4. The van der Waals surface area contributed by atoms with Crippen LogP contribution in [0.15, 0.2) is 149 Å². The maximum atomic E-state index is 9.87. The Morgan fingerprint density at radius 2 is 0.688 bits per heavy atom. The van der Waals surface area contributed by atoms with E-state index in [4.69, 9.17) is 24.8 Å². The molecule has 1 radical (unpaired) electrons. The Labute approximate surface area is 851 Å². The van der Waals surface area contributed by atoms with Crippen LogP contribution in [0.2, 0.25) is 0 Å². The predicted octanol–water partition coefficient (Wildman–Crippen LogP) is 26.0. The highest BCUT2D eigenvalue weighted by molar-refractivity contribution is 9.09. The van der Waals surface area contributed by atoms with E-state index >= 15 is 0 Å². The highest BCUT2D eigenvalue weighted by Gasteiger charge is 2.58. The zero-order valence-corrected chi connectivity index (χ0v) is 86.9. The molecule has 7 N–H and O–H groups in total. The van der Waals surface area contributed by atoms with E-state index in [0.717, 1.165) is 179 Å². The number of likely N-dealkylation sites (N-methyl/N-ethyl adjacent to an activating group) is 1. The number of aliphatic hydroxyl groups excluding tert-OH is 1. The van der Waals surface area contributed by atoms with E-state index in [2.05, 4.69) is 191 Å². The van der Waals surface area contributed by atoms with Crippen molar-refractivity contribution in [3.63, 3.8) is 0 Å². The normalized spacial score (nSPS) is 33.0. The lowest BCUT2D eigenvalue weighted by molar-refractivity contribution is 0.0512. The Balaban J connectivity index is 0.000000146. The number of alkyl halides is 1. The monoisotopic (exact) mass is 1970 g/mol. The number of phenols is 4. The fourth-order valence-corrected chi connectivity index (χ4v) is 32.2. The molecule has 14 nitrogen and oxygen atoms in total. The van der Waals surface area contributed by atoms with Gasteiger partial charge in [0.25, 0.3) is 0 Å². The molecule has 0 bridgehead atoms. The number of hydrogen-bond acceptors (Lipinski definition) is 15. The lowest BCUT2D eigenvalue weighted by atomic mass is 9.55. The predicted molar refractivity (Wildman–Crippen MR) is 582 cm³/mol. The minimum absolute atomic E-state index is 0. The van der Waals surface area contributed by atoms with Crippen molar-refractivity contribution in [2.75, 3.05) is 140 Å². The molecule has 0 saturated heterocycles. The van der Waals surface area contributed by atoms with Gasteiger partial charge in [-0.3, -0.25) is 0 Å². The van der Waals surface area contributed by atoms with Gasteiger partial charge in [0, 0.05) is 38.1 Å². The van der Waals surface area contributed by atoms with Gasteiger partial charge >= 0.3 is 0 Å². The molecule has 5 aromatic carbocycles. The van der Waals surface area contributed by atoms with Crippen molar-refractivity contribution in [1.82, 2.24) is 25.3 Å². The van der Waals surface area contributed by atoms with Crippen LogP contribution in [0, 0.1) is 86.3 Å². The van der Waals surface area contributed by atoms with Gasteiger partial charge in [0.2, 0.25) is 7.09 Å². The highest BCUT2D eigenvalue weighted by atomic mass is 79.9. The molecule has 5 aromatic rings. The van der Waals surface area contributed by atoms with E-state index in [9.17, 15) is 20.4 Å². The second kappa shape index (κ2) is 49.5. The topological polar surface area (TPSA) is 172 Å². The van der Waals surface area contributed by atoms with Gasteiger partial charge in [0.1, 0.15) is 28.7 Å². The summed E-state index contributed by atoms with van der Waals surface area (Å²) in [5.74, 6) is 14.3. The second-order valence-electron chi connectivity index (χ2n) is 45.9. The van der Waals surface area contributed by atoms with Crippen LogP contribution in [0.1, 0.15) is 315 Å². The molecule has 20 unspecified atom stereocenters. The standard InChI is InChI=1S/C26H39NO3.C25H38N2O.C25H37NO2.C22H31NO2.C20H25BBrOS.3CH4/c1-26-12-10-23-22-8-6-21(28)18-19(22)4-7-24(23)25(26)9-5-20(26)11-14-29-16-17-30-15-13-27(2)3;1-25-13-11-22-21-9-7-20(28)17-18(21)5-8-23(22)24(25)10-6-19(25)12-15-26-14-4-16-27(2)3;1-25-13-11-22-21-9-7-20(27)17-18(21)5-8-23(22)24(25)10-6-19(25)12-16-28-15-4-14-26(2)3;1-22-10-8-19-18-6-4-17(25)14-15(18)2-5-20(19)21(22)7-3-16(22)9-11-23-12-13-24;1-20-10-8-17-16-6-4-15(23-24-21)12-13(16)2-5-18(17)19(20)7-3-14(20)9-11-22;;;/h6,8,11,18,23-25,28H,4-5,7,9-10,12-17H2,1-3H3;7,9,12,17,22-24,26,28H,4-6,8,10-11,13-16H2,1-3H3;7,9,12,17,22-24,27H,4-6,8,10-11,13-16H2,1-3H3;4,6,9,14,19-21,23-25H,2-3,5,7-8,10-13H2,1H3;4,6,9,12,17-19,21H,2-3,5,7-8,10-11H2,1H3;3*1H4/b20-11+;2*19-12+;16-9+;14-9+;;;/i;;;;21T;;;. The van der Waals surface area contributed by atoms with Gasteiger partial charge in [-0.05, 0) is 513 Å². The number of nitrogens with one attached hydrogen (secondary N) is 2. The van der Waals surface area contributed by atoms with Crippen LogP contribution < -0.4 is 14.8 Å². The van der Waals surface area contributed by atoms with Crippen molar-refractivity contribution >= 4 is 34.9 Å². The third kappa shape index (κ3) is 24.2. The van der Waals surface area contributed by atoms with Crippen molar-refractivity contribution in [3.05, 3.63) is 205 Å². The summed E-state index contributed by atoms with van der Waals surface area (Å²) >= 11 is 4.69. The first-order valence-corrected chi connectivity index (χ1v) is 55.4. The minimum Gasteiger partial charge on any atom is -0.508 e. The number of phenolic OH excluding ortho intramolecular Hbond substituents is 4. The molecule has 0 heterocycles. The molecule has 10 fully saturated rings. The summed E-state index contributed by atoms with van der Waals surface area (Å²) in [6.07, 6.45) is 52.7. The number of aryl methyl sites for hydroxylation is 5. The molecule has 15 aliphatic rings. The Morgan fingerprint density at radius 1 is 0.377 bits per heavy atom. The van der Waals surface area contributed by atoms with Crippen molar-refractivity contribution in [1.29, 1.82) is 1.34 Å². The van der Waals surface area contributed by atoms with Crippen LogP contribution in [-0.2, 0) is 46.3 Å². The first-order chi connectivity index (χ1) is 65.8. The van der Waals surface area contributed by atoms with Crippen LogP contribution in [0.5, 0.6) is 28.7 Å². The van der Waals surface area contributed by atoms with Crippen LogP contribution in [0.4, 0.5) is 0 Å². The van der Waals surface area contributed by atoms with Crippen LogP contribution in [0.3, 0.4) is 0 Å². The molecule has 0 amide bonds. The maximum absolute atomic E-state index is 9.87. The zero-order chi connectivity index (χ0) is 95.5. The molecule has 20 rings (SSSR count). The number of ether oxygens (including phenoxy) is 3. The Kier molecular flexibility index (Phi) is 38.8. The van der Waals surface area contributed by atoms with Gasteiger partial charge in [-0.1, -0.05) is 161 Å². The van der Waals surface area contributed by atoms with Crippen molar-refractivity contribution < 1.29 is 43.9 Å². The zero-order valence-electron chi connectivity index (χ0n) is 85.5. The fraction of sp³-hybridized carbons (Fsp3) is 0.669. The van der Waals surface area contributed by atoms with Gasteiger partial charge in [0.15, 0.2) is 0 Å². The number of nitrogens with zero attached hydrogens (tertiary/aromatic N) is 3. The second-order valence-corrected chi connectivity index (χ2v) is 46.9. The highest BCUT2D eigenvalue weighted by Crippen LogP contribution is 2.69. The van der Waals surface area contributed by atoms with Crippen molar-refractivity contribution in [2.45, 2.75) is 292 Å². The Bertz CT molecular complexity index is 4850. The molecule has 15 aliphatic carbocycles. The van der Waals surface area contributed by atoms with Gasteiger partial charge < -0.3 is 69.3 Å². The lowest BCUT2D eigenvalue weighted by Crippen LogP contribution is -2.40. The van der Waals surface area contributed by atoms with E-state index < -0.39 is 0 Å². The average molecular weight is 1980 g/mol. The van der Waals surface area contributed by atoms with Gasteiger partial charge in [0.05, 0.1) is 39.6 Å². The third-order valence-electron chi connectivity index (χ3n) is 38.3. The molecular formula is C121H182BBrN5O9S. The molecular weight excluding hydrogens is 1790 g/mol. The van der Waals surface area contributed by atoms with Gasteiger partial charge in [-0.25, -0.2) is 0 Å². The van der Waals surface area contributed by atoms with Crippen LogP contribution in [0.25, 0.3) is 0 Å². The summed E-state index contributed by atoms with van der Waals surface area (Å²) in [4.78, 5) is 6.60. The number of fused-ring (bicyclic) bond motifs is 25. The summed E-state index contributed by atoms with van der Waals surface area (Å²) in [7, 11) is 13.9. The van der Waals surface area contributed by atoms with Crippen molar-refractivity contribution in [3.8, 4) is 28.7 Å². The van der Waals surface area contributed by atoms with Gasteiger partial charge in [-0.15, -0.1) is 0 Å². The molecule has 0 aliphatic heterocycles. The first-order valence-electron chi connectivity index (χ1n) is 54.0. The quantitative estimate of drug-likeness (QED) is 0.00829. The molecule has 0 aromatic heterocycles. The van der Waals surface area contributed by atoms with Crippen LogP contribution in [-0.4, -0.2) is 188 Å². The largest absolute Gasteiger partial charge is 0.508 e. The summed E-state index contributed by atoms with van der Waals surface area (Å²) in [5.41, 5.74) is 25.1. The number of aliphatic hydroxyl groups is 1. The fourth-order valence-electron chi connectivity index (χ4n) is 31.6. The Morgan fingerprint density at radius 3 is 1.03 bits per heavy atom. The molecule has 10 saturated carbocycles. The summed E-state index contributed by atoms with van der Waals surface area (Å²) < 4.78 is 30.0. The molecule has 761 valence electrons. The summed E-state index contributed by atoms with van der Waals surface area (Å²) in [6.45, 7) is 24.2. The van der Waals surface area contributed by atoms with E-state index in [1.807, 2.05) is 48.5 Å². The summed E-state index contributed by atoms with van der Waals surface area (Å²) in [5, 5.41) is 56.2. The Hall–Kier alpha value is -5.67. The van der Waals surface area contributed by atoms with Gasteiger partial charge in [-0.2, -0.15) is 0 Å². The lowest BCUT2D eigenvalue weighted by Gasteiger charge is -2.49. The average Bonchev–Trinajstić information content (AvgIpc) is 1.53. The van der Waals surface area contributed by atoms with E-state index in [1.54, 1.807) is 33.4 Å². The number of halogens is 1. The van der Waals surface area contributed by atoms with E-state index in [1.165, 1.54) is 231 Å². The number of allylic oxidation sites excluding steroid dienone is 6. The number of rotatable bonds is 28.